The fourth-order valence-corrected chi connectivity index (χ4v) is 3.04. The maximum Gasteiger partial charge on any atom is 0.144 e. The second kappa shape index (κ2) is 6.55. The van der Waals surface area contributed by atoms with Crippen molar-refractivity contribution >= 4 is 36.0 Å². The highest BCUT2D eigenvalue weighted by Gasteiger charge is 2.17. The van der Waals surface area contributed by atoms with Crippen molar-refractivity contribution in [1.29, 1.82) is 0 Å². The molecule has 2 aromatic heterocycles. The summed E-state index contributed by atoms with van der Waals surface area (Å²) in [6, 6.07) is 7.60. The van der Waals surface area contributed by atoms with E-state index in [0.29, 0.717) is 5.02 Å². The van der Waals surface area contributed by atoms with Crippen LogP contribution in [0.5, 0.6) is 0 Å². The van der Waals surface area contributed by atoms with Crippen LogP contribution in [0.4, 0.5) is 0 Å². The minimum absolute atomic E-state index is 0.699. The van der Waals surface area contributed by atoms with Crippen LogP contribution < -0.4 is 0 Å². The van der Waals surface area contributed by atoms with E-state index in [1.807, 2.05) is 24.3 Å². The Kier molecular flexibility index (Phi) is 4.52. The van der Waals surface area contributed by atoms with Crippen LogP contribution in [0.25, 0.3) is 16.9 Å². The number of H-pyrrole nitrogens is 1. The van der Waals surface area contributed by atoms with E-state index in [0.717, 1.165) is 33.5 Å². The van der Waals surface area contributed by atoms with Crippen molar-refractivity contribution in [3.8, 4) is 16.9 Å². The van der Waals surface area contributed by atoms with E-state index in [1.54, 1.807) is 22.8 Å². The average molecular weight is 338 g/mol. The molecule has 21 heavy (non-hydrogen) atoms. The van der Waals surface area contributed by atoms with Gasteiger partial charge in [-0.05, 0) is 17.9 Å². The molecule has 0 saturated heterocycles. The zero-order chi connectivity index (χ0) is 14.7. The molecule has 1 N–H and O–H groups in total. The van der Waals surface area contributed by atoms with E-state index in [1.165, 1.54) is 6.33 Å². The number of nitrogens with one attached hydrogen (secondary N) is 1. The first-order chi connectivity index (χ1) is 10.3. The van der Waals surface area contributed by atoms with Gasteiger partial charge in [-0.25, -0.2) is 9.67 Å². The molecular formula is C13H12ClN5S2. The Labute approximate surface area is 136 Å². The maximum atomic E-state index is 5.95. The van der Waals surface area contributed by atoms with Crippen LogP contribution in [0.2, 0.25) is 5.02 Å². The van der Waals surface area contributed by atoms with Gasteiger partial charge >= 0.3 is 0 Å². The van der Waals surface area contributed by atoms with Gasteiger partial charge in [-0.15, -0.1) is 11.8 Å². The van der Waals surface area contributed by atoms with Crippen molar-refractivity contribution < 1.29 is 0 Å². The van der Waals surface area contributed by atoms with Gasteiger partial charge in [-0.3, -0.25) is 5.10 Å². The Hall–Kier alpha value is -1.44. The van der Waals surface area contributed by atoms with Gasteiger partial charge in [0.2, 0.25) is 0 Å². The molecule has 0 aliphatic heterocycles. The molecule has 0 aliphatic carbocycles. The minimum atomic E-state index is 0.699. The first-order valence-electron chi connectivity index (χ1n) is 6.22. The van der Waals surface area contributed by atoms with Crippen LogP contribution in [0, 0.1) is 0 Å². The summed E-state index contributed by atoms with van der Waals surface area (Å²) in [7, 11) is 0. The highest BCUT2D eigenvalue weighted by Crippen LogP contribution is 2.32. The fraction of sp³-hybridized carbons (Fsp3) is 0.154. The number of thioether (sulfide) groups is 1. The smallest absolute Gasteiger partial charge is 0.144 e. The van der Waals surface area contributed by atoms with E-state index in [2.05, 4.69) is 32.9 Å². The monoisotopic (exact) mass is 337 g/mol. The van der Waals surface area contributed by atoms with Crippen LogP contribution in [0.1, 0.15) is 0 Å². The van der Waals surface area contributed by atoms with E-state index < -0.39 is 0 Å². The molecule has 0 bridgehead atoms. The molecule has 0 unspecified atom stereocenters. The number of thiol groups is 1. The lowest BCUT2D eigenvalue weighted by molar-refractivity contribution is 0.856. The number of aromatic nitrogens is 5. The molecule has 108 valence electrons. The molecule has 3 rings (SSSR count). The standard InChI is InChI=1S/C13H12ClN5S2/c14-10-3-1-9(2-4-10)11-12(19-8-15-7-16-19)13(18-17-11)21-6-5-20/h1-4,7-8,20H,5-6H2,(H,17,18). The Morgan fingerprint density at radius 3 is 2.76 bits per heavy atom. The molecule has 0 amide bonds. The number of aromatic amines is 1. The predicted octanol–water partition coefficient (Wildman–Crippen LogP) is 3.33. The molecule has 2 heterocycles. The summed E-state index contributed by atoms with van der Waals surface area (Å²) in [5, 5.41) is 13.3. The third-order valence-corrected chi connectivity index (χ3v) is 4.56. The third-order valence-electron chi connectivity index (χ3n) is 2.82. The zero-order valence-corrected chi connectivity index (χ0v) is 13.4. The fourth-order valence-electron chi connectivity index (χ4n) is 1.92. The average Bonchev–Trinajstić information content (AvgIpc) is 3.14. The second-order valence-electron chi connectivity index (χ2n) is 4.17. The van der Waals surface area contributed by atoms with Crippen molar-refractivity contribution in [3.63, 3.8) is 0 Å². The van der Waals surface area contributed by atoms with E-state index in [-0.39, 0.29) is 0 Å². The van der Waals surface area contributed by atoms with Crippen molar-refractivity contribution in [1.82, 2.24) is 25.0 Å². The predicted molar refractivity (Wildman–Crippen MR) is 88.5 cm³/mol. The molecule has 0 fully saturated rings. The molecule has 0 atom stereocenters. The quantitative estimate of drug-likeness (QED) is 0.554. The first-order valence-corrected chi connectivity index (χ1v) is 8.22. The number of rotatable bonds is 5. The Morgan fingerprint density at radius 1 is 1.29 bits per heavy atom. The number of hydrogen-bond acceptors (Lipinski definition) is 5. The van der Waals surface area contributed by atoms with Gasteiger partial charge in [0, 0.05) is 16.3 Å². The van der Waals surface area contributed by atoms with Gasteiger partial charge in [0.25, 0.3) is 0 Å². The Balaban J connectivity index is 2.08. The van der Waals surface area contributed by atoms with E-state index in [4.69, 9.17) is 11.6 Å². The SMILES string of the molecule is SCCSc1n[nH]c(-c2ccc(Cl)cc2)c1-n1cncn1. The number of hydrogen-bond donors (Lipinski definition) is 2. The number of nitrogens with zero attached hydrogens (tertiary/aromatic N) is 4. The van der Waals surface area contributed by atoms with E-state index in [9.17, 15) is 0 Å². The molecule has 1 aromatic carbocycles. The number of benzene rings is 1. The summed E-state index contributed by atoms with van der Waals surface area (Å²) in [6.07, 6.45) is 3.17. The highest BCUT2D eigenvalue weighted by molar-refractivity contribution is 8.00. The molecule has 0 saturated carbocycles. The Bertz CT molecular complexity index is 709. The van der Waals surface area contributed by atoms with E-state index >= 15 is 0 Å². The molecule has 0 radical (unpaired) electrons. The molecular weight excluding hydrogens is 326 g/mol. The normalized spacial score (nSPS) is 11.0. The minimum Gasteiger partial charge on any atom is -0.274 e. The van der Waals surface area contributed by atoms with Gasteiger partial charge in [-0.2, -0.15) is 22.8 Å². The van der Waals surface area contributed by atoms with Gasteiger partial charge in [0.1, 0.15) is 23.4 Å². The second-order valence-corrected chi connectivity index (χ2v) is 6.14. The summed E-state index contributed by atoms with van der Waals surface area (Å²) in [4.78, 5) is 4.01. The summed E-state index contributed by atoms with van der Waals surface area (Å²) in [5.41, 5.74) is 2.77. The zero-order valence-electron chi connectivity index (χ0n) is 10.9. The Morgan fingerprint density at radius 2 is 2.10 bits per heavy atom. The molecule has 0 aliphatic rings. The lowest BCUT2D eigenvalue weighted by Crippen LogP contribution is -1.97. The topological polar surface area (TPSA) is 59.4 Å². The van der Waals surface area contributed by atoms with Crippen molar-refractivity contribution in [2.45, 2.75) is 5.03 Å². The van der Waals surface area contributed by atoms with Crippen molar-refractivity contribution in [2.75, 3.05) is 11.5 Å². The summed E-state index contributed by atoms with van der Waals surface area (Å²) < 4.78 is 1.72. The lowest BCUT2D eigenvalue weighted by Gasteiger charge is -2.05. The first kappa shape index (κ1) is 14.5. The largest absolute Gasteiger partial charge is 0.274 e. The van der Waals surface area contributed by atoms with Gasteiger partial charge in [0.15, 0.2) is 0 Å². The van der Waals surface area contributed by atoms with Gasteiger partial charge in [0.05, 0.1) is 5.69 Å². The van der Waals surface area contributed by atoms with Crippen LogP contribution in [0.15, 0.2) is 41.9 Å². The summed E-state index contributed by atoms with van der Waals surface area (Å²) in [6.45, 7) is 0. The molecule has 3 aromatic rings. The van der Waals surface area contributed by atoms with Gasteiger partial charge < -0.3 is 0 Å². The third kappa shape index (κ3) is 3.09. The number of halogens is 1. The van der Waals surface area contributed by atoms with Crippen LogP contribution in [0.3, 0.4) is 0 Å². The molecule has 8 heteroatoms. The summed E-state index contributed by atoms with van der Waals surface area (Å²) >= 11 is 11.8. The van der Waals surface area contributed by atoms with Crippen LogP contribution in [-0.4, -0.2) is 36.5 Å². The highest BCUT2D eigenvalue weighted by atomic mass is 35.5. The van der Waals surface area contributed by atoms with Gasteiger partial charge in [-0.1, -0.05) is 23.7 Å². The molecule has 5 nitrogen and oxygen atoms in total. The maximum absolute atomic E-state index is 5.95. The molecule has 0 spiro atoms. The van der Waals surface area contributed by atoms with Crippen molar-refractivity contribution in [2.24, 2.45) is 0 Å². The summed E-state index contributed by atoms with van der Waals surface area (Å²) in [5.74, 6) is 1.65. The van der Waals surface area contributed by atoms with Crippen LogP contribution >= 0.6 is 36.0 Å². The lowest BCUT2D eigenvalue weighted by atomic mass is 10.1. The van der Waals surface area contributed by atoms with Crippen molar-refractivity contribution in [3.05, 3.63) is 41.9 Å². The van der Waals surface area contributed by atoms with Crippen LogP contribution in [-0.2, 0) is 0 Å².